The molecule has 2 heterocycles. The predicted molar refractivity (Wildman–Crippen MR) is 86.5 cm³/mol. The molecule has 0 radical (unpaired) electrons. The van der Waals surface area contributed by atoms with Crippen LogP contribution in [-0.2, 0) is 0 Å². The number of fused-ring (bicyclic) bond motifs is 1. The van der Waals surface area contributed by atoms with Gasteiger partial charge >= 0.3 is 0 Å². The summed E-state index contributed by atoms with van der Waals surface area (Å²) < 4.78 is 0.980. The zero-order valence-corrected chi connectivity index (χ0v) is 14.0. The number of hydrogen-bond donors (Lipinski definition) is 1. The van der Waals surface area contributed by atoms with Gasteiger partial charge in [0.25, 0.3) is 5.91 Å². The van der Waals surface area contributed by atoms with Crippen molar-refractivity contribution in [3.63, 3.8) is 0 Å². The van der Waals surface area contributed by atoms with E-state index in [0.717, 1.165) is 54.1 Å². The SMILES string of the molecule is Cc1cc(Br)cc(C(=O)N2CCC3CNCC3C2)c1.Cl. The minimum Gasteiger partial charge on any atom is -0.338 e. The van der Waals surface area contributed by atoms with E-state index in [1.165, 1.54) is 0 Å². The average Bonchev–Trinajstić information content (AvgIpc) is 2.83. The van der Waals surface area contributed by atoms with E-state index in [1.807, 2.05) is 30.0 Å². The summed E-state index contributed by atoms with van der Waals surface area (Å²) >= 11 is 3.47. The molecule has 2 atom stereocenters. The predicted octanol–water partition coefficient (Wildman–Crippen LogP) is 2.86. The minimum absolute atomic E-state index is 0. The molecular weight excluding hydrogens is 340 g/mol. The van der Waals surface area contributed by atoms with Crippen LogP contribution in [0.2, 0.25) is 0 Å². The molecule has 110 valence electrons. The summed E-state index contributed by atoms with van der Waals surface area (Å²) in [5.74, 6) is 1.59. The van der Waals surface area contributed by atoms with Crippen molar-refractivity contribution in [2.24, 2.45) is 11.8 Å². The molecule has 0 bridgehead atoms. The molecular formula is C15H20BrClN2O. The lowest BCUT2D eigenvalue weighted by Crippen LogP contribution is -2.43. The topological polar surface area (TPSA) is 32.3 Å². The van der Waals surface area contributed by atoms with Crippen LogP contribution >= 0.6 is 28.3 Å². The summed E-state index contributed by atoms with van der Waals surface area (Å²) in [5.41, 5.74) is 1.92. The Balaban J connectivity index is 0.00000147. The van der Waals surface area contributed by atoms with Crippen LogP contribution in [0.25, 0.3) is 0 Å². The lowest BCUT2D eigenvalue weighted by Gasteiger charge is -2.34. The lowest BCUT2D eigenvalue weighted by molar-refractivity contribution is 0.0642. The zero-order chi connectivity index (χ0) is 13.4. The highest BCUT2D eigenvalue weighted by Gasteiger charge is 2.34. The maximum absolute atomic E-state index is 12.6. The summed E-state index contributed by atoms with van der Waals surface area (Å²) in [6.07, 6.45) is 1.14. The number of carbonyl (C=O) groups excluding carboxylic acids is 1. The van der Waals surface area contributed by atoms with Crippen LogP contribution in [0.4, 0.5) is 0 Å². The molecule has 1 aromatic rings. The van der Waals surface area contributed by atoms with Crippen LogP contribution in [0.5, 0.6) is 0 Å². The van der Waals surface area contributed by atoms with Gasteiger partial charge in [0.15, 0.2) is 0 Å². The molecule has 0 aromatic heterocycles. The Kier molecular flexibility index (Phi) is 5.10. The number of halogens is 2. The minimum atomic E-state index is 0. The highest BCUT2D eigenvalue weighted by Crippen LogP contribution is 2.27. The number of piperidine rings is 1. The largest absolute Gasteiger partial charge is 0.338 e. The van der Waals surface area contributed by atoms with Gasteiger partial charge in [-0.3, -0.25) is 4.79 Å². The fourth-order valence-electron chi connectivity index (χ4n) is 3.26. The summed E-state index contributed by atoms with van der Waals surface area (Å²) in [4.78, 5) is 14.6. The molecule has 1 aromatic carbocycles. The smallest absolute Gasteiger partial charge is 0.253 e. The van der Waals surface area contributed by atoms with E-state index in [0.29, 0.717) is 5.92 Å². The molecule has 5 heteroatoms. The first kappa shape index (κ1) is 15.8. The maximum Gasteiger partial charge on any atom is 0.253 e. The Labute approximate surface area is 134 Å². The van der Waals surface area contributed by atoms with Crippen LogP contribution in [0, 0.1) is 18.8 Å². The average molecular weight is 360 g/mol. The molecule has 2 unspecified atom stereocenters. The third-order valence-corrected chi connectivity index (χ3v) is 4.74. The van der Waals surface area contributed by atoms with Crippen molar-refractivity contribution in [3.8, 4) is 0 Å². The molecule has 0 saturated carbocycles. The Hall–Kier alpha value is -0.580. The first-order chi connectivity index (χ1) is 9.13. The van der Waals surface area contributed by atoms with E-state index in [4.69, 9.17) is 0 Å². The van der Waals surface area contributed by atoms with Gasteiger partial charge in [0.05, 0.1) is 0 Å². The summed E-state index contributed by atoms with van der Waals surface area (Å²) in [7, 11) is 0. The van der Waals surface area contributed by atoms with Gasteiger partial charge in [0.2, 0.25) is 0 Å². The Bertz CT molecular complexity index is 488. The van der Waals surface area contributed by atoms with E-state index in [1.54, 1.807) is 0 Å². The number of amides is 1. The molecule has 2 aliphatic heterocycles. The molecule has 2 fully saturated rings. The molecule has 0 aliphatic carbocycles. The highest BCUT2D eigenvalue weighted by atomic mass is 79.9. The third kappa shape index (κ3) is 3.18. The lowest BCUT2D eigenvalue weighted by atomic mass is 9.88. The van der Waals surface area contributed by atoms with Gasteiger partial charge in [0.1, 0.15) is 0 Å². The van der Waals surface area contributed by atoms with Gasteiger partial charge in [-0.2, -0.15) is 0 Å². The first-order valence-corrected chi connectivity index (χ1v) is 7.70. The van der Waals surface area contributed by atoms with Crippen molar-refractivity contribution in [2.45, 2.75) is 13.3 Å². The first-order valence-electron chi connectivity index (χ1n) is 6.90. The van der Waals surface area contributed by atoms with Crippen molar-refractivity contribution >= 4 is 34.2 Å². The van der Waals surface area contributed by atoms with Gasteiger partial charge in [-0.25, -0.2) is 0 Å². The van der Waals surface area contributed by atoms with Crippen LogP contribution in [-0.4, -0.2) is 37.0 Å². The van der Waals surface area contributed by atoms with Crippen LogP contribution in [0.1, 0.15) is 22.3 Å². The molecule has 0 spiro atoms. The molecule has 1 amide bonds. The summed E-state index contributed by atoms with van der Waals surface area (Å²) in [6, 6.07) is 5.93. The maximum atomic E-state index is 12.6. The van der Waals surface area contributed by atoms with E-state index in [9.17, 15) is 4.79 Å². The second-order valence-corrected chi connectivity index (χ2v) is 6.65. The van der Waals surface area contributed by atoms with Crippen LogP contribution in [0.3, 0.4) is 0 Å². The van der Waals surface area contributed by atoms with Crippen molar-refractivity contribution in [2.75, 3.05) is 26.2 Å². The van der Waals surface area contributed by atoms with E-state index < -0.39 is 0 Å². The fraction of sp³-hybridized carbons (Fsp3) is 0.533. The number of nitrogens with one attached hydrogen (secondary N) is 1. The number of carbonyl (C=O) groups is 1. The zero-order valence-electron chi connectivity index (χ0n) is 11.6. The van der Waals surface area contributed by atoms with Crippen molar-refractivity contribution in [3.05, 3.63) is 33.8 Å². The highest BCUT2D eigenvalue weighted by molar-refractivity contribution is 9.10. The molecule has 1 N–H and O–H groups in total. The van der Waals surface area contributed by atoms with Crippen LogP contribution in [0.15, 0.2) is 22.7 Å². The van der Waals surface area contributed by atoms with E-state index >= 15 is 0 Å². The molecule has 20 heavy (non-hydrogen) atoms. The fourth-order valence-corrected chi connectivity index (χ4v) is 3.87. The van der Waals surface area contributed by atoms with Gasteiger partial charge in [-0.05, 0) is 62.0 Å². The van der Waals surface area contributed by atoms with Crippen LogP contribution < -0.4 is 5.32 Å². The van der Waals surface area contributed by atoms with E-state index in [2.05, 4.69) is 21.2 Å². The van der Waals surface area contributed by atoms with Gasteiger partial charge in [-0.1, -0.05) is 15.9 Å². The monoisotopic (exact) mass is 358 g/mol. The van der Waals surface area contributed by atoms with Gasteiger partial charge < -0.3 is 10.2 Å². The van der Waals surface area contributed by atoms with E-state index in [-0.39, 0.29) is 18.3 Å². The Morgan fingerprint density at radius 3 is 2.80 bits per heavy atom. The summed E-state index contributed by atoms with van der Waals surface area (Å²) in [6.45, 7) is 6.01. The molecule has 3 rings (SSSR count). The number of benzene rings is 1. The standard InChI is InChI=1S/C15H19BrN2O.ClH/c1-10-4-12(6-14(16)5-10)15(19)18-3-2-11-7-17-8-13(11)9-18;/h4-6,11,13,17H,2-3,7-9H2,1H3;1H. The number of likely N-dealkylation sites (tertiary alicyclic amines) is 1. The normalized spacial score (nSPS) is 25.0. The molecule has 2 aliphatic rings. The number of nitrogens with zero attached hydrogens (tertiary/aromatic N) is 1. The Morgan fingerprint density at radius 2 is 2.05 bits per heavy atom. The van der Waals surface area contributed by atoms with Crippen molar-refractivity contribution < 1.29 is 4.79 Å². The number of rotatable bonds is 1. The van der Waals surface area contributed by atoms with Gasteiger partial charge in [-0.15, -0.1) is 12.4 Å². The van der Waals surface area contributed by atoms with Gasteiger partial charge in [0, 0.05) is 23.1 Å². The molecule has 3 nitrogen and oxygen atoms in total. The van der Waals surface area contributed by atoms with Crippen molar-refractivity contribution in [1.82, 2.24) is 10.2 Å². The quantitative estimate of drug-likeness (QED) is 0.836. The van der Waals surface area contributed by atoms with Crippen molar-refractivity contribution in [1.29, 1.82) is 0 Å². The second-order valence-electron chi connectivity index (χ2n) is 5.74. The molecule has 2 saturated heterocycles. The second kappa shape index (κ2) is 6.46. The number of hydrogen-bond acceptors (Lipinski definition) is 2. The Morgan fingerprint density at radius 1 is 1.30 bits per heavy atom. The third-order valence-electron chi connectivity index (χ3n) is 4.28. The number of aryl methyl sites for hydroxylation is 1. The summed E-state index contributed by atoms with van der Waals surface area (Å²) in [5, 5.41) is 3.44.